The van der Waals surface area contributed by atoms with Gasteiger partial charge in [-0.25, -0.2) is 4.79 Å². The maximum absolute atomic E-state index is 12.1. The lowest BCUT2D eigenvalue weighted by atomic mass is 9.90. The van der Waals surface area contributed by atoms with E-state index < -0.39 is 0 Å². The minimum absolute atomic E-state index is 0.162. The molecule has 2 aliphatic rings. The van der Waals surface area contributed by atoms with Crippen molar-refractivity contribution in [2.75, 3.05) is 19.1 Å². The van der Waals surface area contributed by atoms with E-state index in [0.717, 1.165) is 12.8 Å². The Balaban J connectivity index is 1.64. The minimum atomic E-state index is -0.383. The fourth-order valence-corrected chi connectivity index (χ4v) is 2.76. The number of carbonyl (C=O) groups excluding carboxylic acids is 1. The average Bonchev–Trinajstić information content (AvgIpc) is 2.92. The van der Waals surface area contributed by atoms with Crippen molar-refractivity contribution in [1.29, 1.82) is 0 Å². The third-order valence-electron chi connectivity index (χ3n) is 3.94. The number of fused-ring (bicyclic) bond motifs is 1. The van der Waals surface area contributed by atoms with Gasteiger partial charge in [-0.15, -0.1) is 0 Å². The van der Waals surface area contributed by atoms with Gasteiger partial charge in [-0.05, 0) is 18.8 Å². The molecule has 1 aliphatic carbocycles. The molecule has 0 saturated heterocycles. The highest BCUT2D eigenvalue weighted by Crippen LogP contribution is 2.36. The number of hydrogen-bond acceptors (Lipinski definition) is 5. The molecule has 1 aromatic rings. The molecule has 1 heterocycles. The normalized spacial score (nSPS) is 18.0. The summed E-state index contributed by atoms with van der Waals surface area (Å²) < 4.78 is 15.9. The minimum Gasteiger partial charge on any atom is -0.462 e. The smallest absolute Gasteiger partial charge is 0.340 e. The van der Waals surface area contributed by atoms with Gasteiger partial charge in [-0.1, -0.05) is 19.3 Å². The predicted octanol–water partition coefficient (Wildman–Crippen LogP) is 2.73. The topological polar surface area (TPSA) is 70.8 Å². The van der Waals surface area contributed by atoms with E-state index in [0.29, 0.717) is 35.3 Å². The third-order valence-corrected chi connectivity index (χ3v) is 3.94. The second kappa shape index (κ2) is 5.61. The molecular weight excluding hydrogens is 258 g/mol. The van der Waals surface area contributed by atoms with Gasteiger partial charge in [0.1, 0.15) is 0 Å². The van der Waals surface area contributed by atoms with Crippen LogP contribution in [0.15, 0.2) is 12.1 Å². The molecule has 108 valence electrons. The van der Waals surface area contributed by atoms with E-state index in [4.69, 9.17) is 19.9 Å². The first-order valence-electron chi connectivity index (χ1n) is 7.10. The van der Waals surface area contributed by atoms with Crippen LogP contribution in [-0.2, 0) is 4.74 Å². The monoisotopic (exact) mass is 277 g/mol. The molecule has 1 aromatic carbocycles. The highest BCUT2D eigenvalue weighted by molar-refractivity contribution is 5.96. The number of hydrogen-bond donors (Lipinski definition) is 1. The number of anilines is 1. The maximum Gasteiger partial charge on any atom is 0.340 e. The van der Waals surface area contributed by atoms with Crippen LogP contribution in [0, 0.1) is 5.92 Å². The largest absolute Gasteiger partial charge is 0.462 e. The van der Waals surface area contributed by atoms with Crippen molar-refractivity contribution in [1.82, 2.24) is 0 Å². The van der Waals surface area contributed by atoms with Crippen LogP contribution in [0.2, 0.25) is 0 Å². The number of carbonyl (C=O) groups is 1. The van der Waals surface area contributed by atoms with E-state index in [1.54, 1.807) is 12.1 Å². The molecule has 0 radical (unpaired) electrons. The second-order valence-corrected chi connectivity index (χ2v) is 5.40. The Hall–Kier alpha value is -1.91. The van der Waals surface area contributed by atoms with E-state index in [9.17, 15) is 4.79 Å². The molecule has 0 unspecified atom stereocenters. The SMILES string of the molecule is Nc1cc2c(cc1C(=O)OCC1CCCCC1)OCO2. The lowest BCUT2D eigenvalue weighted by Crippen LogP contribution is -2.17. The standard InChI is InChI=1S/C15H19NO4/c16-12-7-14-13(19-9-20-14)6-11(12)15(17)18-8-10-4-2-1-3-5-10/h6-7,10H,1-5,8-9,16H2. The van der Waals surface area contributed by atoms with Crippen LogP contribution in [0.25, 0.3) is 0 Å². The molecule has 2 N–H and O–H groups in total. The maximum atomic E-state index is 12.1. The molecule has 3 rings (SSSR count). The summed E-state index contributed by atoms with van der Waals surface area (Å²) in [6.07, 6.45) is 6.04. The van der Waals surface area contributed by atoms with Gasteiger partial charge in [0, 0.05) is 12.1 Å². The number of esters is 1. The molecule has 0 atom stereocenters. The van der Waals surface area contributed by atoms with E-state index in [2.05, 4.69) is 0 Å². The summed E-state index contributed by atoms with van der Waals surface area (Å²) in [6, 6.07) is 3.21. The van der Waals surface area contributed by atoms with Gasteiger partial charge >= 0.3 is 5.97 Å². The summed E-state index contributed by atoms with van der Waals surface area (Å²) in [5.74, 6) is 1.23. The van der Waals surface area contributed by atoms with Gasteiger partial charge < -0.3 is 19.9 Å². The van der Waals surface area contributed by atoms with E-state index in [-0.39, 0.29) is 12.8 Å². The number of nitrogens with two attached hydrogens (primary N) is 1. The molecule has 1 fully saturated rings. The van der Waals surface area contributed by atoms with Gasteiger partial charge in [-0.3, -0.25) is 0 Å². The van der Waals surface area contributed by atoms with Crippen LogP contribution in [0.1, 0.15) is 42.5 Å². The predicted molar refractivity (Wildman–Crippen MR) is 73.8 cm³/mol. The van der Waals surface area contributed by atoms with Crippen LogP contribution < -0.4 is 15.2 Å². The van der Waals surface area contributed by atoms with Crippen molar-refractivity contribution in [2.45, 2.75) is 32.1 Å². The fraction of sp³-hybridized carbons (Fsp3) is 0.533. The number of rotatable bonds is 3. The van der Waals surface area contributed by atoms with Crippen LogP contribution >= 0.6 is 0 Å². The summed E-state index contributed by atoms with van der Waals surface area (Å²) >= 11 is 0. The van der Waals surface area contributed by atoms with Gasteiger partial charge in [0.25, 0.3) is 0 Å². The highest BCUT2D eigenvalue weighted by Gasteiger charge is 2.22. The molecule has 1 aliphatic heterocycles. The van der Waals surface area contributed by atoms with Crippen molar-refractivity contribution in [2.24, 2.45) is 5.92 Å². The highest BCUT2D eigenvalue weighted by atomic mass is 16.7. The second-order valence-electron chi connectivity index (χ2n) is 5.40. The summed E-state index contributed by atoms with van der Waals surface area (Å²) in [6.45, 7) is 0.641. The molecule has 0 aromatic heterocycles. The summed E-state index contributed by atoms with van der Waals surface area (Å²) in [7, 11) is 0. The zero-order valence-electron chi connectivity index (χ0n) is 11.4. The van der Waals surface area contributed by atoms with E-state index in [1.165, 1.54) is 19.3 Å². The zero-order valence-corrected chi connectivity index (χ0v) is 11.4. The number of benzene rings is 1. The third kappa shape index (κ3) is 2.66. The Bertz CT molecular complexity index is 509. The van der Waals surface area contributed by atoms with Crippen LogP contribution in [0.3, 0.4) is 0 Å². The van der Waals surface area contributed by atoms with Crippen molar-refractivity contribution >= 4 is 11.7 Å². The molecule has 0 amide bonds. The van der Waals surface area contributed by atoms with E-state index in [1.807, 2.05) is 0 Å². The first kappa shape index (κ1) is 13.1. The van der Waals surface area contributed by atoms with Gasteiger partial charge in [-0.2, -0.15) is 0 Å². The van der Waals surface area contributed by atoms with Crippen molar-refractivity contribution < 1.29 is 19.0 Å². The first-order chi connectivity index (χ1) is 9.74. The molecule has 20 heavy (non-hydrogen) atoms. The molecule has 5 heteroatoms. The van der Waals surface area contributed by atoms with E-state index >= 15 is 0 Å². The lowest BCUT2D eigenvalue weighted by Gasteiger charge is -2.21. The Morgan fingerprint density at radius 1 is 1.20 bits per heavy atom. The Morgan fingerprint density at radius 2 is 1.90 bits per heavy atom. The van der Waals surface area contributed by atoms with Gasteiger partial charge in [0.15, 0.2) is 11.5 Å². The van der Waals surface area contributed by atoms with Gasteiger partial charge in [0.05, 0.1) is 17.9 Å². The molecule has 0 spiro atoms. The first-order valence-corrected chi connectivity index (χ1v) is 7.10. The average molecular weight is 277 g/mol. The Kier molecular flexibility index (Phi) is 3.67. The molecule has 1 saturated carbocycles. The fourth-order valence-electron chi connectivity index (χ4n) is 2.76. The lowest BCUT2D eigenvalue weighted by molar-refractivity contribution is 0.0411. The molecule has 5 nitrogen and oxygen atoms in total. The number of nitrogen functional groups attached to an aromatic ring is 1. The van der Waals surface area contributed by atoms with Crippen molar-refractivity contribution in [3.8, 4) is 11.5 Å². The van der Waals surface area contributed by atoms with Crippen LogP contribution in [-0.4, -0.2) is 19.4 Å². The summed E-state index contributed by atoms with van der Waals surface area (Å²) in [5, 5.41) is 0. The summed E-state index contributed by atoms with van der Waals surface area (Å²) in [4.78, 5) is 12.1. The Labute approximate surface area is 118 Å². The van der Waals surface area contributed by atoms with Crippen molar-refractivity contribution in [3.05, 3.63) is 17.7 Å². The summed E-state index contributed by atoms with van der Waals surface area (Å²) in [5.41, 5.74) is 6.58. The number of ether oxygens (including phenoxy) is 3. The van der Waals surface area contributed by atoms with Crippen LogP contribution in [0.5, 0.6) is 11.5 Å². The van der Waals surface area contributed by atoms with Crippen molar-refractivity contribution in [3.63, 3.8) is 0 Å². The molecular formula is C15H19NO4. The van der Waals surface area contributed by atoms with Gasteiger partial charge in [0.2, 0.25) is 6.79 Å². The molecule has 0 bridgehead atoms. The Morgan fingerprint density at radius 3 is 2.65 bits per heavy atom. The quantitative estimate of drug-likeness (QED) is 0.679. The zero-order chi connectivity index (χ0) is 13.9. The van der Waals surface area contributed by atoms with Crippen LogP contribution in [0.4, 0.5) is 5.69 Å².